The van der Waals surface area contributed by atoms with E-state index in [2.05, 4.69) is 33.9 Å². The molecule has 0 saturated heterocycles. The molecule has 80 valence electrons. The molecule has 0 atom stereocenters. The fourth-order valence-electron chi connectivity index (χ4n) is 1.59. The predicted molar refractivity (Wildman–Crippen MR) is 65.4 cm³/mol. The molecule has 0 aliphatic carbocycles. The van der Waals surface area contributed by atoms with Crippen molar-refractivity contribution >= 4 is 15.9 Å². The van der Waals surface area contributed by atoms with Crippen LogP contribution in [0.15, 0.2) is 35.1 Å². The largest absolute Gasteiger partial charge is 0.303 e. The monoisotopic (exact) mass is 275 g/mol. The van der Waals surface area contributed by atoms with Crippen molar-refractivity contribution < 1.29 is 0 Å². The Morgan fingerprint density at radius 3 is 2.94 bits per heavy atom. The van der Waals surface area contributed by atoms with Gasteiger partial charge in [0.25, 0.3) is 0 Å². The Kier molecular flexibility index (Phi) is 3.07. The third-order valence-corrected chi connectivity index (χ3v) is 3.01. The van der Waals surface area contributed by atoms with Crippen LogP contribution in [0.1, 0.15) is 18.3 Å². The van der Waals surface area contributed by atoms with E-state index >= 15 is 0 Å². The van der Waals surface area contributed by atoms with Gasteiger partial charge in [0.2, 0.25) is 0 Å². The Morgan fingerprint density at radius 1 is 1.50 bits per heavy atom. The van der Waals surface area contributed by atoms with Crippen molar-refractivity contribution in [3.05, 3.63) is 46.5 Å². The van der Waals surface area contributed by atoms with E-state index in [-0.39, 0.29) is 0 Å². The van der Waals surface area contributed by atoms with E-state index in [1.54, 1.807) is 12.3 Å². The number of benzene rings is 1. The molecule has 0 saturated carbocycles. The molecule has 16 heavy (non-hydrogen) atoms. The van der Waals surface area contributed by atoms with Crippen LogP contribution in [0.4, 0.5) is 0 Å². The lowest BCUT2D eigenvalue weighted by atomic mass is 10.2. The highest BCUT2D eigenvalue weighted by atomic mass is 79.9. The molecule has 1 aromatic heterocycles. The molecule has 1 heterocycles. The zero-order valence-corrected chi connectivity index (χ0v) is 10.4. The molecule has 0 aliphatic heterocycles. The van der Waals surface area contributed by atoms with Crippen LogP contribution < -0.4 is 0 Å². The van der Waals surface area contributed by atoms with E-state index in [4.69, 9.17) is 5.26 Å². The van der Waals surface area contributed by atoms with Gasteiger partial charge in [-0.15, -0.1) is 0 Å². The molecule has 2 rings (SSSR count). The molecule has 3 nitrogen and oxygen atoms in total. The number of rotatable bonds is 2. The second-order valence-electron chi connectivity index (χ2n) is 3.35. The van der Waals surface area contributed by atoms with Crippen LogP contribution in [0.5, 0.6) is 0 Å². The van der Waals surface area contributed by atoms with Crippen LogP contribution in [-0.4, -0.2) is 9.55 Å². The highest BCUT2D eigenvalue weighted by Gasteiger charge is 2.07. The van der Waals surface area contributed by atoms with Gasteiger partial charge in [-0.25, -0.2) is 4.98 Å². The van der Waals surface area contributed by atoms with Crippen LogP contribution in [0, 0.1) is 11.3 Å². The minimum atomic E-state index is 0.647. The molecule has 0 N–H and O–H groups in total. The SMILES string of the molecule is CCc1nccn1-c1ccc(C#N)cc1Br. The minimum absolute atomic E-state index is 0.647. The van der Waals surface area contributed by atoms with E-state index in [0.29, 0.717) is 5.56 Å². The third kappa shape index (κ3) is 1.86. The standard InChI is InChI=1S/C12H10BrN3/c1-2-12-15-5-6-16(12)11-4-3-9(8-14)7-10(11)13/h3-7H,2H2,1H3. The molecule has 0 spiro atoms. The molecule has 0 fully saturated rings. The topological polar surface area (TPSA) is 41.6 Å². The zero-order valence-electron chi connectivity index (χ0n) is 8.81. The van der Waals surface area contributed by atoms with E-state index in [0.717, 1.165) is 22.4 Å². The van der Waals surface area contributed by atoms with Crippen LogP contribution in [0.25, 0.3) is 5.69 Å². The molecule has 1 aromatic carbocycles. The summed E-state index contributed by atoms with van der Waals surface area (Å²) in [5.41, 5.74) is 1.65. The van der Waals surface area contributed by atoms with Gasteiger partial charge in [0, 0.05) is 23.3 Å². The maximum atomic E-state index is 8.79. The van der Waals surface area contributed by atoms with Crippen LogP contribution in [0.2, 0.25) is 0 Å². The zero-order chi connectivity index (χ0) is 11.5. The first kappa shape index (κ1) is 10.9. The number of aromatic nitrogens is 2. The second-order valence-corrected chi connectivity index (χ2v) is 4.20. The first-order valence-corrected chi connectivity index (χ1v) is 5.77. The second kappa shape index (κ2) is 4.50. The summed E-state index contributed by atoms with van der Waals surface area (Å²) in [5, 5.41) is 8.79. The summed E-state index contributed by atoms with van der Waals surface area (Å²) >= 11 is 3.47. The van der Waals surface area contributed by atoms with Crippen molar-refractivity contribution in [2.75, 3.05) is 0 Å². The first-order chi connectivity index (χ1) is 7.76. The van der Waals surface area contributed by atoms with Crippen LogP contribution >= 0.6 is 15.9 Å². The van der Waals surface area contributed by atoms with Crippen molar-refractivity contribution in [3.8, 4) is 11.8 Å². The number of hydrogen-bond acceptors (Lipinski definition) is 2. The lowest BCUT2D eigenvalue weighted by molar-refractivity contribution is 0.888. The quantitative estimate of drug-likeness (QED) is 0.845. The Balaban J connectivity index is 2.53. The molecule has 2 aromatic rings. The third-order valence-electron chi connectivity index (χ3n) is 2.37. The number of aryl methyl sites for hydroxylation is 1. The molecule has 0 aliphatic rings. The average molecular weight is 276 g/mol. The summed E-state index contributed by atoms with van der Waals surface area (Å²) in [7, 11) is 0. The van der Waals surface area contributed by atoms with Crippen molar-refractivity contribution in [1.82, 2.24) is 9.55 Å². The lowest BCUT2D eigenvalue weighted by Gasteiger charge is -2.08. The Bertz CT molecular complexity index is 552. The lowest BCUT2D eigenvalue weighted by Crippen LogP contribution is -2.00. The highest BCUT2D eigenvalue weighted by molar-refractivity contribution is 9.10. The minimum Gasteiger partial charge on any atom is -0.303 e. The van der Waals surface area contributed by atoms with Crippen molar-refractivity contribution in [2.45, 2.75) is 13.3 Å². The number of nitrogens with zero attached hydrogens (tertiary/aromatic N) is 3. The smallest absolute Gasteiger partial charge is 0.112 e. The normalized spacial score (nSPS) is 10.1. The van der Waals surface area contributed by atoms with Gasteiger partial charge in [-0.05, 0) is 34.1 Å². The van der Waals surface area contributed by atoms with E-state index in [1.165, 1.54) is 0 Å². The van der Waals surface area contributed by atoms with Gasteiger partial charge in [0.1, 0.15) is 5.82 Å². The predicted octanol–water partition coefficient (Wildman–Crippen LogP) is 3.07. The molecular weight excluding hydrogens is 266 g/mol. The van der Waals surface area contributed by atoms with Crippen molar-refractivity contribution in [2.24, 2.45) is 0 Å². The molecule has 0 radical (unpaired) electrons. The van der Waals surface area contributed by atoms with Gasteiger partial charge in [-0.1, -0.05) is 6.92 Å². The van der Waals surface area contributed by atoms with Crippen molar-refractivity contribution in [1.29, 1.82) is 5.26 Å². The average Bonchev–Trinajstić information content (AvgIpc) is 2.76. The van der Waals surface area contributed by atoms with E-state index < -0.39 is 0 Å². The Labute approximate surface area is 102 Å². The van der Waals surface area contributed by atoms with E-state index in [1.807, 2.05) is 22.9 Å². The van der Waals surface area contributed by atoms with Crippen molar-refractivity contribution in [3.63, 3.8) is 0 Å². The Hall–Kier alpha value is -1.60. The van der Waals surface area contributed by atoms with Gasteiger partial charge in [-0.3, -0.25) is 0 Å². The van der Waals surface area contributed by atoms with Crippen LogP contribution in [-0.2, 0) is 6.42 Å². The molecule has 0 bridgehead atoms. The van der Waals surface area contributed by atoms with Gasteiger partial charge in [-0.2, -0.15) is 5.26 Å². The van der Waals surface area contributed by atoms with Gasteiger partial charge in [0.15, 0.2) is 0 Å². The van der Waals surface area contributed by atoms with E-state index in [9.17, 15) is 0 Å². The summed E-state index contributed by atoms with van der Waals surface area (Å²) in [5.74, 6) is 1.01. The van der Waals surface area contributed by atoms with Gasteiger partial charge < -0.3 is 4.57 Å². The maximum absolute atomic E-state index is 8.79. The summed E-state index contributed by atoms with van der Waals surface area (Å²) in [4.78, 5) is 4.27. The highest BCUT2D eigenvalue weighted by Crippen LogP contribution is 2.23. The van der Waals surface area contributed by atoms with Gasteiger partial charge >= 0.3 is 0 Å². The number of imidazole rings is 1. The maximum Gasteiger partial charge on any atom is 0.112 e. The molecule has 0 amide bonds. The summed E-state index contributed by atoms with van der Waals surface area (Å²) < 4.78 is 2.92. The summed E-state index contributed by atoms with van der Waals surface area (Å²) in [6, 6.07) is 7.65. The Morgan fingerprint density at radius 2 is 2.31 bits per heavy atom. The molecular formula is C12H10BrN3. The van der Waals surface area contributed by atoms with Gasteiger partial charge in [0.05, 0.1) is 17.3 Å². The first-order valence-electron chi connectivity index (χ1n) is 4.98. The number of hydrogen-bond donors (Lipinski definition) is 0. The molecule has 0 unspecified atom stereocenters. The fraction of sp³-hybridized carbons (Fsp3) is 0.167. The van der Waals surface area contributed by atoms with Crippen LogP contribution in [0.3, 0.4) is 0 Å². The number of halogens is 1. The fourth-order valence-corrected chi connectivity index (χ4v) is 2.16. The number of nitriles is 1. The molecule has 4 heteroatoms. The summed E-state index contributed by atoms with van der Waals surface area (Å²) in [6.07, 6.45) is 4.58. The summed E-state index contributed by atoms with van der Waals surface area (Å²) in [6.45, 7) is 2.07.